The number of ether oxygens (including phenoxy) is 1. The van der Waals surface area contributed by atoms with Crippen molar-refractivity contribution >= 4 is 45.4 Å². The summed E-state index contributed by atoms with van der Waals surface area (Å²) in [7, 11) is -2.53. The molecule has 0 atom stereocenters. The number of aromatic nitrogens is 1. The van der Waals surface area contributed by atoms with Gasteiger partial charge in [0.05, 0.1) is 5.69 Å². The number of amides is 4. The second-order valence-corrected chi connectivity index (χ2v) is 13.5. The van der Waals surface area contributed by atoms with Crippen LogP contribution >= 0.6 is 0 Å². The van der Waals surface area contributed by atoms with Gasteiger partial charge in [-0.15, -0.1) is 0 Å². The number of halogens is 2. The topological polar surface area (TPSA) is 199 Å². The monoisotopic (exact) mass is 731 g/mol. The third-order valence-corrected chi connectivity index (χ3v) is 9.09. The number of piperazine rings is 1. The lowest BCUT2D eigenvalue weighted by Crippen LogP contribution is -2.53. The van der Waals surface area contributed by atoms with E-state index >= 15 is 4.39 Å². The molecule has 274 valence electrons. The number of carbonyl (C=O) groups is 3. The van der Waals surface area contributed by atoms with Gasteiger partial charge in [0, 0.05) is 69.3 Å². The van der Waals surface area contributed by atoms with Crippen LogP contribution in [0.3, 0.4) is 0 Å². The minimum atomic E-state index is -4.67. The van der Waals surface area contributed by atoms with Crippen molar-refractivity contribution in [2.45, 2.75) is 31.7 Å². The standard InChI is InChI=1S/C33H37F2N7O4.H2O4S/c1-39-16-18-40(19-17-39)23-9-14-41(15-10-23)32(45)38-29-21-26(8-13-37-29)46-25-6-7-28(27(35)20-25)42(24-4-2-22(34)3-5-24)31(44)33(11-12-33)30(36)43;1-5(2,3)4/h2-8,13,20-21,23H,9-12,14-19H2,1H3,(H2,36,43)(H,37,38,45);(H2,1,2,3,4). The van der Waals surface area contributed by atoms with Gasteiger partial charge in [0.25, 0.3) is 0 Å². The van der Waals surface area contributed by atoms with Gasteiger partial charge in [0.1, 0.15) is 28.5 Å². The second kappa shape index (κ2) is 15.6. The number of piperidine rings is 1. The molecule has 0 bridgehead atoms. The van der Waals surface area contributed by atoms with Crippen LogP contribution < -0.4 is 20.7 Å². The van der Waals surface area contributed by atoms with Gasteiger partial charge in [-0.3, -0.25) is 33.8 Å². The molecule has 51 heavy (non-hydrogen) atoms. The molecule has 6 rings (SSSR count). The number of nitrogens with two attached hydrogens (primary N) is 1. The Balaban J connectivity index is 0.000000943. The van der Waals surface area contributed by atoms with Crippen molar-refractivity contribution in [3.05, 3.63) is 72.4 Å². The van der Waals surface area contributed by atoms with Crippen molar-refractivity contribution in [3.8, 4) is 11.5 Å². The molecule has 18 heteroatoms. The molecule has 2 aromatic carbocycles. The molecule has 0 radical (unpaired) electrons. The zero-order chi connectivity index (χ0) is 36.9. The summed E-state index contributed by atoms with van der Waals surface area (Å²) < 4.78 is 66.7. The SMILES string of the molecule is CN1CCN(C2CCN(C(=O)Nc3cc(Oc4ccc(N(C(=O)C5(C(N)=O)CC5)c5ccc(F)cc5)c(F)c4)ccn3)CC2)CC1.O=S(=O)(O)O. The third-order valence-electron chi connectivity index (χ3n) is 9.09. The van der Waals surface area contributed by atoms with E-state index in [-0.39, 0.29) is 41.8 Å². The van der Waals surface area contributed by atoms with Gasteiger partial charge in [-0.05, 0) is 75.2 Å². The van der Waals surface area contributed by atoms with Gasteiger partial charge in [0.15, 0.2) is 5.82 Å². The summed E-state index contributed by atoms with van der Waals surface area (Å²) in [5.74, 6) is -2.09. The Kier molecular flexibility index (Phi) is 11.5. The van der Waals surface area contributed by atoms with E-state index in [2.05, 4.69) is 27.1 Å². The normalized spacial score (nSPS) is 17.9. The molecule has 15 nitrogen and oxygen atoms in total. The Morgan fingerprint density at radius 2 is 1.55 bits per heavy atom. The predicted molar refractivity (Wildman–Crippen MR) is 182 cm³/mol. The summed E-state index contributed by atoms with van der Waals surface area (Å²) in [5, 5.41) is 2.83. The number of anilines is 3. The summed E-state index contributed by atoms with van der Waals surface area (Å²) in [5.41, 5.74) is 4.13. The van der Waals surface area contributed by atoms with Gasteiger partial charge in [-0.1, -0.05) is 0 Å². The lowest BCUT2D eigenvalue weighted by Gasteiger charge is -2.42. The van der Waals surface area contributed by atoms with Crippen molar-refractivity contribution in [2.75, 3.05) is 56.5 Å². The highest BCUT2D eigenvalue weighted by Gasteiger charge is 2.57. The molecule has 3 aliphatic rings. The minimum Gasteiger partial charge on any atom is -0.457 e. The number of urea groups is 1. The molecule has 1 aliphatic carbocycles. The average Bonchev–Trinajstić information content (AvgIpc) is 3.89. The first kappa shape index (κ1) is 37.5. The van der Waals surface area contributed by atoms with Crippen molar-refractivity contribution < 1.29 is 45.4 Å². The van der Waals surface area contributed by atoms with E-state index < -0.39 is 39.3 Å². The third kappa shape index (κ3) is 9.73. The zero-order valence-electron chi connectivity index (χ0n) is 27.7. The zero-order valence-corrected chi connectivity index (χ0v) is 28.6. The largest absolute Gasteiger partial charge is 0.457 e. The number of hydrogen-bond donors (Lipinski definition) is 4. The van der Waals surface area contributed by atoms with Gasteiger partial charge in [0.2, 0.25) is 11.8 Å². The predicted octanol–water partition coefficient (Wildman–Crippen LogP) is 3.67. The number of likely N-dealkylation sites (N-methyl/N-ethyl adjacent to an activating group) is 1. The number of hydrogen-bond acceptors (Lipinski definition) is 9. The molecule has 1 saturated carbocycles. The quantitative estimate of drug-likeness (QED) is 0.195. The van der Waals surface area contributed by atoms with E-state index in [1.807, 2.05) is 0 Å². The number of rotatable bonds is 8. The number of nitrogens with one attached hydrogen (secondary N) is 1. The van der Waals surface area contributed by atoms with Crippen LogP contribution in [0.1, 0.15) is 25.7 Å². The van der Waals surface area contributed by atoms with Crippen LogP contribution in [0, 0.1) is 17.0 Å². The van der Waals surface area contributed by atoms with Crippen molar-refractivity contribution in [3.63, 3.8) is 0 Å². The fourth-order valence-electron chi connectivity index (χ4n) is 6.08. The molecule has 0 spiro atoms. The first-order valence-corrected chi connectivity index (χ1v) is 17.5. The fourth-order valence-corrected chi connectivity index (χ4v) is 6.08. The summed E-state index contributed by atoms with van der Waals surface area (Å²) in [4.78, 5) is 50.5. The van der Waals surface area contributed by atoms with Crippen molar-refractivity contribution in [1.29, 1.82) is 0 Å². The summed E-state index contributed by atoms with van der Waals surface area (Å²) >= 11 is 0. The smallest absolute Gasteiger partial charge is 0.394 e. The summed E-state index contributed by atoms with van der Waals surface area (Å²) in [6, 6.07) is 12.2. The van der Waals surface area contributed by atoms with Crippen LogP contribution in [0.2, 0.25) is 0 Å². The van der Waals surface area contributed by atoms with Gasteiger partial charge in [-0.2, -0.15) is 8.42 Å². The number of pyridine rings is 1. The van der Waals surface area contributed by atoms with Gasteiger partial charge < -0.3 is 20.3 Å². The van der Waals surface area contributed by atoms with Crippen LogP contribution in [-0.2, 0) is 20.0 Å². The van der Waals surface area contributed by atoms with Gasteiger partial charge >= 0.3 is 16.4 Å². The first-order chi connectivity index (χ1) is 24.1. The maximum Gasteiger partial charge on any atom is 0.394 e. The summed E-state index contributed by atoms with van der Waals surface area (Å²) in [6.45, 7) is 5.54. The number of nitrogens with zero attached hydrogens (tertiary/aromatic N) is 5. The molecule has 0 unspecified atom stereocenters. The van der Waals surface area contributed by atoms with E-state index in [0.717, 1.165) is 62.1 Å². The minimum absolute atomic E-state index is 0.123. The molecule has 3 fully saturated rings. The molecule has 2 aliphatic heterocycles. The maximum absolute atomic E-state index is 15.6. The number of carbonyl (C=O) groups excluding carboxylic acids is 3. The van der Waals surface area contributed by atoms with E-state index in [9.17, 15) is 18.8 Å². The highest BCUT2D eigenvalue weighted by molar-refractivity contribution is 7.79. The van der Waals surface area contributed by atoms with E-state index in [0.29, 0.717) is 24.9 Å². The second-order valence-electron chi connectivity index (χ2n) is 12.6. The van der Waals surface area contributed by atoms with E-state index in [1.165, 1.54) is 30.5 Å². The lowest BCUT2D eigenvalue weighted by atomic mass is 10.0. The number of benzene rings is 2. The Morgan fingerprint density at radius 3 is 2.12 bits per heavy atom. The molecule has 1 aromatic heterocycles. The highest BCUT2D eigenvalue weighted by atomic mass is 32.3. The average molecular weight is 732 g/mol. The Morgan fingerprint density at radius 1 is 0.941 bits per heavy atom. The lowest BCUT2D eigenvalue weighted by molar-refractivity contribution is -0.133. The Bertz CT molecular complexity index is 1840. The van der Waals surface area contributed by atoms with Crippen LogP contribution in [0.5, 0.6) is 11.5 Å². The number of likely N-dealkylation sites (tertiary alicyclic amines) is 1. The molecule has 5 N–H and O–H groups in total. The number of primary amides is 1. The van der Waals surface area contributed by atoms with Crippen molar-refractivity contribution in [2.24, 2.45) is 11.1 Å². The molecule has 3 aromatic rings. The van der Waals surface area contributed by atoms with Crippen molar-refractivity contribution in [1.82, 2.24) is 19.7 Å². The van der Waals surface area contributed by atoms with Crippen LogP contribution in [-0.4, -0.2) is 107 Å². The first-order valence-electron chi connectivity index (χ1n) is 16.1. The van der Waals surface area contributed by atoms with E-state index in [1.54, 1.807) is 17.0 Å². The van der Waals surface area contributed by atoms with E-state index in [4.69, 9.17) is 28.0 Å². The molecular formula is C33H39F2N7O8S. The Labute approximate surface area is 293 Å². The van der Waals surface area contributed by atoms with Crippen LogP contribution in [0.25, 0.3) is 0 Å². The molecule has 2 saturated heterocycles. The maximum atomic E-state index is 15.6. The van der Waals surface area contributed by atoms with Crippen LogP contribution in [0.4, 0.5) is 30.8 Å². The highest BCUT2D eigenvalue weighted by Crippen LogP contribution is 2.49. The Hall–Kier alpha value is -4.75. The molecule has 4 amide bonds. The molecular weight excluding hydrogens is 692 g/mol. The van der Waals surface area contributed by atoms with Crippen LogP contribution in [0.15, 0.2) is 60.8 Å². The fraction of sp³-hybridized carbons (Fsp3) is 0.394. The molecule has 3 heterocycles. The van der Waals surface area contributed by atoms with Gasteiger partial charge in [-0.25, -0.2) is 18.6 Å². The summed E-state index contributed by atoms with van der Waals surface area (Å²) in [6.07, 6.45) is 3.81.